The molecule has 2 aromatic rings. The van der Waals surface area contributed by atoms with Gasteiger partial charge < -0.3 is 29.7 Å². The zero-order valence-corrected chi connectivity index (χ0v) is 23.7. The van der Waals surface area contributed by atoms with Crippen LogP contribution in [0.1, 0.15) is 39.4 Å². The number of nitrogens with zero attached hydrogens (tertiary/aromatic N) is 1. The maximum absolute atomic E-state index is 13.3. The average molecular weight is 634 g/mol. The standard InChI is InChI=1S/C24H26F7N3O5S2/c1-5-34(6-2)19(35)17-12(3)16(20(36)37-4)18(41-17)33-22(40)32-13-7-14(38-10-23(27,28)21(25)26)9-15(8-13)39-11-24(29,30)31/h7-9,21H,5-6,10-11H2,1-4H3,(H2,32,33,40). The summed E-state index contributed by atoms with van der Waals surface area (Å²) in [4.78, 5) is 27.2. The van der Waals surface area contributed by atoms with Gasteiger partial charge >= 0.3 is 24.5 Å². The Hall–Kier alpha value is -3.34. The van der Waals surface area contributed by atoms with Gasteiger partial charge in [0.2, 0.25) is 0 Å². The molecule has 2 rings (SSSR count). The van der Waals surface area contributed by atoms with Gasteiger partial charge in [0.1, 0.15) is 16.5 Å². The summed E-state index contributed by atoms with van der Waals surface area (Å²) in [5.41, 5.74) is 0.199. The maximum Gasteiger partial charge on any atom is 0.422 e. The van der Waals surface area contributed by atoms with Crippen LogP contribution in [0.4, 0.5) is 41.4 Å². The summed E-state index contributed by atoms with van der Waals surface area (Å²) in [6, 6.07) is 2.83. The summed E-state index contributed by atoms with van der Waals surface area (Å²) in [5.74, 6) is -6.67. The zero-order valence-electron chi connectivity index (χ0n) is 22.1. The van der Waals surface area contributed by atoms with Gasteiger partial charge in [0.15, 0.2) is 18.3 Å². The Balaban J connectivity index is 2.37. The number of methoxy groups -OCH3 is 1. The van der Waals surface area contributed by atoms with E-state index in [9.17, 15) is 40.3 Å². The van der Waals surface area contributed by atoms with Crippen molar-refractivity contribution in [2.45, 2.75) is 39.3 Å². The van der Waals surface area contributed by atoms with E-state index in [2.05, 4.69) is 15.4 Å². The van der Waals surface area contributed by atoms with Crippen LogP contribution in [-0.4, -0.2) is 73.8 Å². The lowest BCUT2D eigenvalue weighted by molar-refractivity contribution is -0.153. The molecule has 17 heteroatoms. The number of rotatable bonds is 12. The van der Waals surface area contributed by atoms with E-state index in [4.69, 9.17) is 21.7 Å². The van der Waals surface area contributed by atoms with Crippen LogP contribution in [0.5, 0.6) is 11.5 Å². The summed E-state index contributed by atoms with van der Waals surface area (Å²) < 4.78 is 104. The highest BCUT2D eigenvalue weighted by Gasteiger charge is 2.41. The monoisotopic (exact) mass is 633 g/mol. The summed E-state index contributed by atoms with van der Waals surface area (Å²) in [7, 11) is 1.14. The first-order chi connectivity index (χ1) is 19.0. The zero-order chi connectivity index (χ0) is 31.1. The number of halogens is 7. The highest BCUT2D eigenvalue weighted by molar-refractivity contribution is 7.80. The predicted octanol–water partition coefficient (Wildman–Crippen LogP) is 6.35. The lowest BCUT2D eigenvalue weighted by Gasteiger charge is -2.18. The molecule has 0 unspecified atom stereocenters. The molecule has 228 valence electrons. The molecule has 1 heterocycles. The fourth-order valence-electron chi connectivity index (χ4n) is 3.29. The number of esters is 1. The molecule has 0 atom stereocenters. The number of carbonyl (C=O) groups excluding carboxylic acids is 2. The first kappa shape index (κ1) is 33.9. The molecule has 0 aliphatic heterocycles. The van der Waals surface area contributed by atoms with Gasteiger partial charge in [-0.3, -0.25) is 4.79 Å². The number of ether oxygens (including phenoxy) is 3. The van der Waals surface area contributed by atoms with Crippen molar-refractivity contribution in [3.05, 3.63) is 34.2 Å². The number of hydrogen-bond donors (Lipinski definition) is 2. The topological polar surface area (TPSA) is 89.1 Å². The van der Waals surface area contributed by atoms with E-state index in [1.54, 1.807) is 20.8 Å². The van der Waals surface area contributed by atoms with Crippen molar-refractivity contribution >= 4 is 51.2 Å². The highest BCUT2D eigenvalue weighted by atomic mass is 32.1. The van der Waals surface area contributed by atoms with Gasteiger partial charge in [-0.05, 0) is 38.6 Å². The maximum atomic E-state index is 13.3. The second-order valence-electron chi connectivity index (χ2n) is 8.26. The molecule has 8 nitrogen and oxygen atoms in total. The van der Waals surface area contributed by atoms with Gasteiger partial charge in [-0.2, -0.15) is 22.0 Å². The number of anilines is 2. The molecular formula is C24H26F7N3O5S2. The SMILES string of the molecule is CCN(CC)C(=O)c1sc(NC(=S)Nc2cc(OCC(F)(F)F)cc(OCC(F)(F)C(F)F)c2)c(C(=O)OC)c1C. The molecule has 1 amide bonds. The Labute approximate surface area is 239 Å². The Morgan fingerprint density at radius 1 is 1.00 bits per heavy atom. The van der Waals surface area contributed by atoms with Gasteiger partial charge in [-0.25, -0.2) is 13.6 Å². The fourth-order valence-corrected chi connectivity index (χ4v) is 4.74. The van der Waals surface area contributed by atoms with Crippen LogP contribution >= 0.6 is 23.6 Å². The molecule has 0 spiro atoms. The summed E-state index contributed by atoms with van der Waals surface area (Å²) in [6.07, 6.45) is -8.79. The molecule has 0 saturated carbocycles. The molecule has 2 N–H and O–H groups in total. The lowest BCUT2D eigenvalue weighted by Crippen LogP contribution is -2.33. The van der Waals surface area contributed by atoms with E-state index < -0.39 is 49.2 Å². The Kier molecular flexibility index (Phi) is 11.6. The van der Waals surface area contributed by atoms with Crippen molar-refractivity contribution in [1.82, 2.24) is 4.90 Å². The van der Waals surface area contributed by atoms with Crippen LogP contribution in [-0.2, 0) is 4.74 Å². The third-order valence-corrected chi connectivity index (χ3v) is 6.70. The quantitative estimate of drug-likeness (QED) is 0.159. The number of thiocarbonyl (C=S) groups is 1. The third-order valence-electron chi connectivity index (χ3n) is 5.30. The van der Waals surface area contributed by atoms with Crippen molar-refractivity contribution < 1.29 is 54.5 Å². The van der Waals surface area contributed by atoms with E-state index in [0.29, 0.717) is 18.7 Å². The minimum Gasteiger partial charge on any atom is -0.487 e. The van der Waals surface area contributed by atoms with Crippen LogP contribution < -0.4 is 20.1 Å². The third kappa shape index (κ3) is 9.34. The number of nitrogens with one attached hydrogen (secondary N) is 2. The van der Waals surface area contributed by atoms with Crippen LogP contribution in [0.25, 0.3) is 0 Å². The summed E-state index contributed by atoms with van der Waals surface area (Å²) >= 11 is 6.15. The van der Waals surface area contributed by atoms with Crippen molar-refractivity contribution in [2.24, 2.45) is 0 Å². The molecular weight excluding hydrogens is 607 g/mol. The van der Waals surface area contributed by atoms with Crippen LogP contribution in [0.15, 0.2) is 18.2 Å². The first-order valence-corrected chi connectivity index (χ1v) is 13.0. The number of amides is 1. The number of carbonyl (C=O) groups is 2. The number of thiophene rings is 1. The predicted molar refractivity (Wildman–Crippen MR) is 142 cm³/mol. The molecule has 0 fully saturated rings. The molecule has 1 aromatic heterocycles. The fraction of sp³-hybridized carbons (Fsp3) is 0.458. The van der Waals surface area contributed by atoms with Gasteiger partial charge in [0.05, 0.1) is 17.6 Å². The molecule has 0 aliphatic rings. The minimum atomic E-state index is -4.74. The van der Waals surface area contributed by atoms with Crippen molar-refractivity contribution in [1.29, 1.82) is 0 Å². The van der Waals surface area contributed by atoms with E-state index in [0.717, 1.165) is 36.6 Å². The van der Waals surface area contributed by atoms with Crippen LogP contribution in [0.2, 0.25) is 0 Å². The number of benzene rings is 1. The molecule has 1 aromatic carbocycles. The molecule has 0 aliphatic carbocycles. The van der Waals surface area contributed by atoms with Crippen molar-refractivity contribution in [3.8, 4) is 11.5 Å². The smallest absolute Gasteiger partial charge is 0.422 e. The van der Waals surface area contributed by atoms with Crippen LogP contribution in [0, 0.1) is 6.92 Å². The van der Waals surface area contributed by atoms with Gasteiger partial charge in [-0.15, -0.1) is 11.3 Å². The minimum absolute atomic E-state index is 0.0117. The summed E-state index contributed by atoms with van der Waals surface area (Å²) in [5, 5.41) is 5.17. The summed E-state index contributed by atoms with van der Waals surface area (Å²) in [6.45, 7) is 2.40. The molecule has 0 bridgehead atoms. The number of alkyl halides is 7. The van der Waals surface area contributed by atoms with Crippen molar-refractivity contribution in [2.75, 3.05) is 44.0 Å². The van der Waals surface area contributed by atoms with Gasteiger partial charge in [0, 0.05) is 37.0 Å². The molecule has 41 heavy (non-hydrogen) atoms. The molecule has 0 saturated heterocycles. The largest absolute Gasteiger partial charge is 0.487 e. The van der Waals surface area contributed by atoms with E-state index in [1.807, 2.05) is 0 Å². The number of hydrogen-bond acceptors (Lipinski definition) is 7. The van der Waals surface area contributed by atoms with Crippen molar-refractivity contribution in [3.63, 3.8) is 0 Å². The van der Waals surface area contributed by atoms with E-state index in [1.165, 1.54) is 4.90 Å². The normalized spacial score (nSPS) is 11.7. The molecule has 0 radical (unpaired) electrons. The second kappa shape index (κ2) is 14.0. The van der Waals surface area contributed by atoms with Gasteiger partial charge in [0.25, 0.3) is 5.91 Å². The highest BCUT2D eigenvalue weighted by Crippen LogP contribution is 2.35. The Bertz CT molecular complexity index is 1250. The average Bonchev–Trinajstić information content (AvgIpc) is 3.21. The van der Waals surface area contributed by atoms with Gasteiger partial charge in [-0.1, -0.05) is 0 Å². The van der Waals surface area contributed by atoms with E-state index >= 15 is 0 Å². The second-order valence-corrected chi connectivity index (χ2v) is 9.68. The van der Waals surface area contributed by atoms with E-state index in [-0.39, 0.29) is 32.1 Å². The first-order valence-electron chi connectivity index (χ1n) is 11.7. The van der Waals surface area contributed by atoms with Crippen LogP contribution in [0.3, 0.4) is 0 Å². The lowest BCUT2D eigenvalue weighted by atomic mass is 10.1. The Morgan fingerprint density at radius 3 is 2.05 bits per heavy atom. The Morgan fingerprint density at radius 2 is 1.56 bits per heavy atom.